The van der Waals surface area contributed by atoms with Crippen molar-refractivity contribution in [2.24, 2.45) is 0 Å². The number of amides is 1. The summed E-state index contributed by atoms with van der Waals surface area (Å²) in [7, 11) is 0. The van der Waals surface area contributed by atoms with Crippen molar-refractivity contribution < 1.29 is 4.79 Å². The molecule has 6 nitrogen and oxygen atoms in total. The van der Waals surface area contributed by atoms with Gasteiger partial charge in [0, 0.05) is 13.1 Å². The summed E-state index contributed by atoms with van der Waals surface area (Å²) in [6.07, 6.45) is 1.44. The van der Waals surface area contributed by atoms with Crippen molar-refractivity contribution in [1.82, 2.24) is 15.1 Å². The highest BCUT2D eigenvalue weighted by Crippen LogP contribution is 2.07. The SMILES string of the molecule is CCN(CC)C(=O)CNc1nnccc1C#N. The van der Waals surface area contributed by atoms with Crippen LogP contribution in [0.3, 0.4) is 0 Å². The van der Waals surface area contributed by atoms with Crippen LogP contribution in [-0.4, -0.2) is 40.6 Å². The van der Waals surface area contributed by atoms with Gasteiger partial charge in [-0.15, -0.1) is 5.10 Å². The minimum absolute atomic E-state index is 0.0236. The van der Waals surface area contributed by atoms with Gasteiger partial charge in [-0.1, -0.05) is 0 Å². The molecule has 0 fully saturated rings. The van der Waals surface area contributed by atoms with Crippen LogP contribution in [0, 0.1) is 11.3 Å². The van der Waals surface area contributed by atoms with E-state index >= 15 is 0 Å². The molecule has 6 heteroatoms. The molecule has 0 spiro atoms. The summed E-state index contributed by atoms with van der Waals surface area (Å²) < 4.78 is 0. The Hall–Kier alpha value is -2.16. The van der Waals surface area contributed by atoms with E-state index in [1.165, 1.54) is 6.20 Å². The Labute approximate surface area is 100 Å². The van der Waals surface area contributed by atoms with Crippen molar-refractivity contribution >= 4 is 11.7 Å². The molecule has 1 heterocycles. The van der Waals surface area contributed by atoms with Crippen LogP contribution in [-0.2, 0) is 4.79 Å². The highest BCUT2D eigenvalue weighted by Gasteiger charge is 2.10. The Morgan fingerprint density at radius 2 is 2.24 bits per heavy atom. The zero-order valence-electron chi connectivity index (χ0n) is 9.97. The number of aromatic nitrogens is 2. The Morgan fingerprint density at radius 3 is 2.82 bits per heavy atom. The molecule has 0 aliphatic rings. The van der Waals surface area contributed by atoms with E-state index < -0.39 is 0 Å². The van der Waals surface area contributed by atoms with Crippen molar-refractivity contribution in [3.63, 3.8) is 0 Å². The number of carbonyl (C=O) groups is 1. The number of rotatable bonds is 5. The third kappa shape index (κ3) is 3.41. The average molecular weight is 233 g/mol. The number of hydrogen-bond donors (Lipinski definition) is 1. The van der Waals surface area contributed by atoms with Gasteiger partial charge in [-0.05, 0) is 19.9 Å². The topological polar surface area (TPSA) is 81.9 Å². The van der Waals surface area contributed by atoms with Crippen LogP contribution < -0.4 is 5.32 Å². The maximum absolute atomic E-state index is 11.7. The minimum Gasteiger partial charge on any atom is -0.358 e. The molecule has 1 rings (SSSR count). The maximum Gasteiger partial charge on any atom is 0.241 e. The van der Waals surface area contributed by atoms with E-state index in [1.54, 1.807) is 11.0 Å². The lowest BCUT2D eigenvalue weighted by Crippen LogP contribution is -2.35. The predicted molar refractivity (Wildman–Crippen MR) is 63.2 cm³/mol. The first kappa shape index (κ1) is 12.9. The molecule has 0 saturated heterocycles. The molecular weight excluding hydrogens is 218 g/mol. The molecule has 0 unspecified atom stereocenters. The van der Waals surface area contributed by atoms with Gasteiger partial charge in [-0.25, -0.2) is 0 Å². The second kappa shape index (κ2) is 6.43. The molecule has 1 amide bonds. The number of anilines is 1. The van der Waals surface area contributed by atoms with E-state index in [0.29, 0.717) is 24.5 Å². The third-order valence-electron chi connectivity index (χ3n) is 2.36. The van der Waals surface area contributed by atoms with Gasteiger partial charge in [0.25, 0.3) is 0 Å². The fourth-order valence-corrected chi connectivity index (χ4v) is 1.40. The van der Waals surface area contributed by atoms with Crippen molar-refractivity contribution in [3.8, 4) is 6.07 Å². The van der Waals surface area contributed by atoms with Gasteiger partial charge < -0.3 is 10.2 Å². The van der Waals surface area contributed by atoms with Gasteiger partial charge in [0.15, 0.2) is 5.82 Å². The largest absolute Gasteiger partial charge is 0.358 e. The molecule has 0 aliphatic heterocycles. The number of nitriles is 1. The lowest BCUT2D eigenvalue weighted by atomic mass is 10.3. The predicted octanol–water partition coefficient (Wildman–Crippen LogP) is 0.629. The van der Waals surface area contributed by atoms with Crippen LogP contribution in [0.4, 0.5) is 5.82 Å². The monoisotopic (exact) mass is 233 g/mol. The first-order valence-electron chi connectivity index (χ1n) is 5.46. The smallest absolute Gasteiger partial charge is 0.241 e. The van der Waals surface area contributed by atoms with Gasteiger partial charge in [-0.2, -0.15) is 10.4 Å². The fourth-order valence-electron chi connectivity index (χ4n) is 1.40. The Bertz CT molecular complexity index is 422. The van der Waals surface area contributed by atoms with Gasteiger partial charge in [0.2, 0.25) is 5.91 Å². The minimum atomic E-state index is -0.0236. The van der Waals surface area contributed by atoms with Gasteiger partial charge >= 0.3 is 0 Å². The lowest BCUT2D eigenvalue weighted by Gasteiger charge is -2.18. The molecule has 17 heavy (non-hydrogen) atoms. The summed E-state index contributed by atoms with van der Waals surface area (Å²) in [5.41, 5.74) is 0.382. The quantitative estimate of drug-likeness (QED) is 0.806. The van der Waals surface area contributed by atoms with E-state index in [9.17, 15) is 4.79 Å². The van der Waals surface area contributed by atoms with E-state index in [1.807, 2.05) is 19.9 Å². The van der Waals surface area contributed by atoms with Gasteiger partial charge in [0.1, 0.15) is 6.07 Å². The zero-order valence-corrected chi connectivity index (χ0v) is 9.97. The highest BCUT2D eigenvalue weighted by molar-refractivity contribution is 5.80. The second-order valence-electron chi connectivity index (χ2n) is 3.32. The lowest BCUT2D eigenvalue weighted by molar-refractivity contribution is -0.128. The molecule has 1 aromatic heterocycles. The normalized spacial score (nSPS) is 9.47. The molecule has 0 saturated carbocycles. The average Bonchev–Trinajstić information content (AvgIpc) is 2.38. The highest BCUT2D eigenvalue weighted by atomic mass is 16.2. The molecule has 0 aromatic carbocycles. The van der Waals surface area contributed by atoms with Crippen molar-refractivity contribution in [3.05, 3.63) is 17.8 Å². The molecule has 0 bridgehead atoms. The summed E-state index contributed by atoms with van der Waals surface area (Å²) in [6.45, 7) is 5.30. The summed E-state index contributed by atoms with van der Waals surface area (Å²) in [5, 5.41) is 19.1. The number of nitrogens with zero attached hydrogens (tertiary/aromatic N) is 4. The Morgan fingerprint density at radius 1 is 1.53 bits per heavy atom. The van der Waals surface area contributed by atoms with Crippen LogP contribution in [0.15, 0.2) is 12.3 Å². The van der Waals surface area contributed by atoms with E-state index in [-0.39, 0.29) is 12.5 Å². The number of hydrogen-bond acceptors (Lipinski definition) is 5. The first-order chi connectivity index (χ1) is 8.22. The third-order valence-corrected chi connectivity index (χ3v) is 2.36. The first-order valence-corrected chi connectivity index (χ1v) is 5.46. The van der Waals surface area contributed by atoms with E-state index in [0.717, 1.165) is 0 Å². The molecule has 90 valence electrons. The molecule has 0 aliphatic carbocycles. The number of nitrogens with one attached hydrogen (secondary N) is 1. The van der Waals surface area contributed by atoms with Crippen molar-refractivity contribution in [2.75, 3.05) is 25.0 Å². The summed E-state index contributed by atoms with van der Waals surface area (Å²) >= 11 is 0. The molecule has 0 atom stereocenters. The maximum atomic E-state index is 11.7. The Balaban J connectivity index is 2.62. The van der Waals surface area contributed by atoms with Crippen LogP contribution in [0.25, 0.3) is 0 Å². The van der Waals surface area contributed by atoms with Crippen LogP contribution in [0.2, 0.25) is 0 Å². The number of carbonyl (C=O) groups excluding carboxylic acids is 1. The standard InChI is InChI=1S/C11H15N5O/c1-3-16(4-2)10(17)8-13-11-9(7-12)5-6-14-15-11/h5-6H,3-4,8H2,1-2H3,(H,13,15). The van der Waals surface area contributed by atoms with Crippen LogP contribution in [0.1, 0.15) is 19.4 Å². The van der Waals surface area contributed by atoms with E-state index in [2.05, 4.69) is 15.5 Å². The van der Waals surface area contributed by atoms with Crippen molar-refractivity contribution in [1.29, 1.82) is 5.26 Å². The van der Waals surface area contributed by atoms with E-state index in [4.69, 9.17) is 5.26 Å². The zero-order chi connectivity index (χ0) is 12.7. The van der Waals surface area contributed by atoms with Crippen LogP contribution >= 0.6 is 0 Å². The number of likely N-dealkylation sites (N-methyl/N-ethyl adjacent to an activating group) is 1. The van der Waals surface area contributed by atoms with Gasteiger partial charge in [-0.3, -0.25) is 4.79 Å². The van der Waals surface area contributed by atoms with Crippen LogP contribution in [0.5, 0.6) is 0 Å². The molecule has 0 radical (unpaired) electrons. The Kier molecular flexibility index (Phi) is 4.88. The summed E-state index contributed by atoms with van der Waals surface area (Å²) in [5.74, 6) is 0.319. The summed E-state index contributed by atoms with van der Waals surface area (Å²) in [4.78, 5) is 13.4. The molecular formula is C11H15N5O. The molecule has 1 N–H and O–H groups in total. The van der Waals surface area contributed by atoms with Crippen molar-refractivity contribution in [2.45, 2.75) is 13.8 Å². The van der Waals surface area contributed by atoms with Gasteiger partial charge in [0.05, 0.1) is 18.3 Å². The second-order valence-corrected chi connectivity index (χ2v) is 3.32. The summed E-state index contributed by atoms with van der Waals surface area (Å²) in [6, 6.07) is 3.54. The fraction of sp³-hybridized carbons (Fsp3) is 0.455. The molecule has 1 aromatic rings.